The van der Waals surface area contributed by atoms with Gasteiger partial charge < -0.3 is 21.3 Å². The fourth-order valence-electron chi connectivity index (χ4n) is 4.05. The Hall–Kier alpha value is -3.69. The van der Waals surface area contributed by atoms with Gasteiger partial charge in [0.25, 0.3) is 11.5 Å². The number of carbonyl (C=O) groups is 3. The van der Waals surface area contributed by atoms with Crippen molar-refractivity contribution in [1.29, 1.82) is 0 Å². The van der Waals surface area contributed by atoms with Gasteiger partial charge in [-0.2, -0.15) is 0 Å². The molecule has 2 atom stereocenters. The molecule has 6 N–H and O–H groups in total. The minimum atomic E-state index is -1.28. The van der Waals surface area contributed by atoms with Crippen LogP contribution in [-0.4, -0.2) is 44.1 Å². The van der Waals surface area contributed by atoms with E-state index in [1.54, 1.807) is 24.3 Å². The molecule has 0 bridgehead atoms. The topological polar surface area (TPSA) is 175 Å². The summed E-state index contributed by atoms with van der Waals surface area (Å²) in [5, 5.41) is 20.2. The summed E-state index contributed by atoms with van der Waals surface area (Å²) in [7, 11) is 0. The summed E-state index contributed by atoms with van der Waals surface area (Å²) in [6.45, 7) is 0. The van der Waals surface area contributed by atoms with Gasteiger partial charge in [-0.1, -0.05) is 12.1 Å². The van der Waals surface area contributed by atoms with E-state index >= 15 is 0 Å². The summed E-state index contributed by atoms with van der Waals surface area (Å²) in [6.07, 6.45) is 3.55. The van der Waals surface area contributed by atoms with Crippen LogP contribution < -0.4 is 16.6 Å². The Labute approximate surface area is 183 Å². The average Bonchev–Trinajstić information content (AvgIpc) is 3.14. The van der Waals surface area contributed by atoms with Gasteiger partial charge in [0.2, 0.25) is 5.95 Å². The maximum atomic E-state index is 12.3. The lowest BCUT2D eigenvalue weighted by atomic mass is 9.95. The number of amides is 1. The molecule has 32 heavy (non-hydrogen) atoms. The molecule has 10 heteroatoms. The summed E-state index contributed by atoms with van der Waals surface area (Å²) in [4.78, 5) is 53.2. The van der Waals surface area contributed by atoms with Gasteiger partial charge in [-0.05, 0) is 62.1 Å². The lowest BCUT2D eigenvalue weighted by Gasteiger charge is -2.14. The zero-order valence-corrected chi connectivity index (χ0v) is 17.5. The van der Waals surface area contributed by atoms with Gasteiger partial charge in [-0.3, -0.25) is 19.4 Å². The maximum absolute atomic E-state index is 12.3. The normalized spacial score (nSPS) is 15.7. The molecule has 1 aromatic carbocycles. The van der Waals surface area contributed by atoms with Gasteiger partial charge in [0.1, 0.15) is 6.04 Å². The van der Waals surface area contributed by atoms with Crippen molar-refractivity contribution < 1.29 is 24.6 Å². The SMILES string of the molecule is Nc1nc2c(c(=O)[nH]1)C(CCCc1ccc(C(=O)N[C@@H](CCC(=O)O)C(=O)O)cc1)CC2. The molecule has 1 unspecified atom stereocenters. The van der Waals surface area contributed by atoms with Crippen molar-refractivity contribution in [2.75, 3.05) is 5.73 Å². The number of carboxylic acids is 2. The first-order valence-electron chi connectivity index (χ1n) is 10.5. The third kappa shape index (κ3) is 5.71. The Morgan fingerprint density at radius 1 is 1.22 bits per heavy atom. The molecule has 0 spiro atoms. The van der Waals surface area contributed by atoms with Crippen molar-refractivity contribution in [3.8, 4) is 0 Å². The number of benzene rings is 1. The number of nitrogens with one attached hydrogen (secondary N) is 2. The van der Waals surface area contributed by atoms with E-state index in [9.17, 15) is 19.2 Å². The first kappa shape index (κ1) is 23.0. The number of carbonyl (C=O) groups excluding carboxylic acids is 1. The molecule has 2 aromatic rings. The van der Waals surface area contributed by atoms with Crippen LogP contribution in [0.5, 0.6) is 0 Å². The predicted molar refractivity (Wildman–Crippen MR) is 115 cm³/mol. The quantitative estimate of drug-likeness (QED) is 0.367. The van der Waals surface area contributed by atoms with Crippen molar-refractivity contribution >= 4 is 23.8 Å². The van der Waals surface area contributed by atoms with E-state index in [1.165, 1.54) is 0 Å². The summed E-state index contributed by atoms with van der Waals surface area (Å²) in [6, 6.07) is 5.58. The van der Waals surface area contributed by atoms with Crippen molar-refractivity contribution in [1.82, 2.24) is 15.3 Å². The van der Waals surface area contributed by atoms with Crippen LogP contribution in [0.1, 0.15) is 65.2 Å². The van der Waals surface area contributed by atoms with Crippen LogP contribution in [0.3, 0.4) is 0 Å². The van der Waals surface area contributed by atoms with Gasteiger partial charge in [0, 0.05) is 17.5 Å². The molecule has 1 aliphatic carbocycles. The maximum Gasteiger partial charge on any atom is 0.326 e. The average molecular weight is 442 g/mol. The number of nitrogens with two attached hydrogens (primary N) is 1. The number of hydrogen-bond acceptors (Lipinski definition) is 6. The monoisotopic (exact) mass is 442 g/mol. The molecule has 0 saturated heterocycles. The van der Waals surface area contributed by atoms with Gasteiger partial charge in [-0.25, -0.2) is 9.78 Å². The molecular formula is C22H26N4O6. The highest BCUT2D eigenvalue weighted by molar-refractivity contribution is 5.96. The molecular weight excluding hydrogens is 416 g/mol. The molecule has 0 saturated carbocycles. The number of nitrogens with zero attached hydrogens (tertiary/aromatic N) is 1. The Bertz CT molecular complexity index is 1060. The lowest BCUT2D eigenvalue weighted by Crippen LogP contribution is -2.41. The van der Waals surface area contributed by atoms with E-state index in [0.29, 0.717) is 5.56 Å². The first-order valence-corrected chi connectivity index (χ1v) is 10.5. The van der Waals surface area contributed by atoms with Gasteiger partial charge in [0.15, 0.2) is 0 Å². The van der Waals surface area contributed by atoms with Crippen LogP contribution in [0, 0.1) is 0 Å². The molecule has 0 radical (unpaired) electrons. The van der Waals surface area contributed by atoms with Gasteiger partial charge in [0.05, 0.1) is 5.69 Å². The van der Waals surface area contributed by atoms with Crippen molar-refractivity contribution in [2.24, 2.45) is 0 Å². The number of carboxylic acid groups (broad SMARTS) is 2. The molecule has 0 aliphatic heterocycles. The summed E-state index contributed by atoms with van der Waals surface area (Å²) >= 11 is 0. The Kier molecular flexibility index (Phi) is 7.24. The van der Waals surface area contributed by atoms with Crippen molar-refractivity contribution in [2.45, 2.75) is 56.9 Å². The summed E-state index contributed by atoms with van der Waals surface area (Å²) in [5.74, 6) is -2.66. The molecule has 170 valence electrons. The minimum Gasteiger partial charge on any atom is -0.481 e. The van der Waals surface area contributed by atoms with Crippen molar-refractivity contribution in [3.63, 3.8) is 0 Å². The molecule has 3 rings (SSSR count). The van der Waals surface area contributed by atoms with E-state index < -0.39 is 23.9 Å². The fraction of sp³-hybridized carbons (Fsp3) is 0.409. The van der Waals surface area contributed by atoms with E-state index in [2.05, 4.69) is 15.3 Å². The fourth-order valence-corrected chi connectivity index (χ4v) is 4.05. The van der Waals surface area contributed by atoms with Crippen LogP contribution in [-0.2, 0) is 22.4 Å². The lowest BCUT2D eigenvalue weighted by molar-refractivity contribution is -0.140. The van der Waals surface area contributed by atoms with Crippen LogP contribution in [0.25, 0.3) is 0 Å². The van der Waals surface area contributed by atoms with E-state index in [1.807, 2.05) is 0 Å². The minimum absolute atomic E-state index is 0.148. The zero-order chi connectivity index (χ0) is 23.3. The second-order valence-corrected chi connectivity index (χ2v) is 7.93. The predicted octanol–water partition coefficient (Wildman–Crippen LogP) is 1.45. The number of hydrogen-bond donors (Lipinski definition) is 5. The van der Waals surface area contributed by atoms with E-state index in [4.69, 9.17) is 15.9 Å². The smallest absolute Gasteiger partial charge is 0.326 e. The number of aliphatic carboxylic acids is 2. The molecule has 10 nitrogen and oxygen atoms in total. The van der Waals surface area contributed by atoms with Crippen LogP contribution in [0.15, 0.2) is 29.1 Å². The number of fused-ring (bicyclic) bond motifs is 1. The van der Waals surface area contributed by atoms with E-state index in [-0.39, 0.29) is 30.3 Å². The third-order valence-electron chi connectivity index (χ3n) is 5.67. The third-order valence-corrected chi connectivity index (χ3v) is 5.67. The van der Waals surface area contributed by atoms with Crippen LogP contribution in [0.4, 0.5) is 5.95 Å². The molecule has 1 amide bonds. The number of aryl methyl sites for hydroxylation is 2. The Balaban J connectivity index is 1.52. The largest absolute Gasteiger partial charge is 0.481 e. The standard InChI is InChI=1S/C22H26N4O6/c23-22-25-15-9-8-13(18(15)20(30)26-22)3-1-2-12-4-6-14(7-5-12)19(29)24-16(21(31)32)10-11-17(27)28/h4-7,13,16H,1-3,8-11H2,(H,24,29)(H,27,28)(H,31,32)(H3,23,25,26,30)/t13?,16-/m0/s1. The molecule has 1 aromatic heterocycles. The Morgan fingerprint density at radius 3 is 2.59 bits per heavy atom. The number of anilines is 1. The second-order valence-electron chi connectivity index (χ2n) is 7.93. The highest BCUT2D eigenvalue weighted by Gasteiger charge is 2.27. The molecule has 0 fully saturated rings. The number of aromatic amines is 1. The molecule has 1 heterocycles. The summed E-state index contributed by atoms with van der Waals surface area (Å²) < 4.78 is 0. The number of rotatable bonds is 10. The molecule has 1 aliphatic rings. The zero-order valence-electron chi connectivity index (χ0n) is 17.5. The second kappa shape index (κ2) is 10.1. The number of H-pyrrole nitrogens is 1. The van der Waals surface area contributed by atoms with E-state index in [0.717, 1.165) is 48.9 Å². The van der Waals surface area contributed by atoms with Gasteiger partial charge in [-0.15, -0.1) is 0 Å². The highest BCUT2D eigenvalue weighted by atomic mass is 16.4. The highest BCUT2D eigenvalue weighted by Crippen LogP contribution is 2.33. The van der Waals surface area contributed by atoms with Gasteiger partial charge >= 0.3 is 11.9 Å². The van der Waals surface area contributed by atoms with Crippen molar-refractivity contribution in [3.05, 3.63) is 57.0 Å². The number of nitrogen functional groups attached to an aromatic ring is 1. The number of aromatic nitrogens is 2. The first-order chi connectivity index (χ1) is 15.2. The van der Waals surface area contributed by atoms with Crippen LogP contribution >= 0.6 is 0 Å². The summed E-state index contributed by atoms with van der Waals surface area (Å²) in [5.41, 5.74) is 8.29. The van der Waals surface area contributed by atoms with Crippen LogP contribution in [0.2, 0.25) is 0 Å². The Morgan fingerprint density at radius 2 is 1.94 bits per heavy atom.